The standard InChI is InChI=1S/C17H18FN3O3/c1-19(11-13-4-3-5-14(18)10-13)12-17(22)20(2)15-6-8-16(9-7-15)21(23)24/h3-10H,11-12H2,1-2H3. The second-order valence-corrected chi connectivity index (χ2v) is 5.53. The van der Waals surface area contributed by atoms with Crippen molar-refractivity contribution in [1.82, 2.24) is 4.90 Å². The Morgan fingerprint density at radius 2 is 1.83 bits per heavy atom. The SMILES string of the molecule is CN(CC(=O)N(C)c1ccc([N+](=O)[O-])cc1)Cc1cccc(F)c1. The lowest BCUT2D eigenvalue weighted by Crippen LogP contribution is -2.36. The van der Waals surface area contributed by atoms with Crippen molar-refractivity contribution in [3.63, 3.8) is 0 Å². The molecule has 0 heterocycles. The maximum Gasteiger partial charge on any atom is 0.269 e. The van der Waals surface area contributed by atoms with E-state index in [0.29, 0.717) is 12.2 Å². The fourth-order valence-electron chi connectivity index (χ4n) is 2.28. The summed E-state index contributed by atoms with van der Waals surface area (Å²) in [6, 6.07) is 12.0. The van der Waals surface area contributed by atoms with Gasteiger partial charge in [0.2, 0.25) is 5.91 Å². The molecule has 0 aromatic heterocycles. The van der Waals surface area contributed by atoms with Crippen molar-refractivity contribution in [2.75, 3.05) is 25.5 Å². The van der Waals surface area contributed by atoms with E-state index in [-0.39, 0.29) is 24.0 Å². The van der Waals surface area contributed by atoms with Crippen molar-refractivity contribution < 1.29 is 14.1 Å². The van der Waals surface area contributed by atoms with Crippen LogP contribution in [0.15, 0.2) is 48.5 Å². The Balaban J connectivity index is 1.96. The minimum Gasteiger partial charge on any atom is -0.314 e. The average molecular weight is 331 g/mol. The second-order valence-electron chi connectivity index (χ2n) is 5.53. The summed E-state index contributed by atoms with van der Waals surface area (Å²) in [6.45, 7) is 0.585. The van der Waals surface area contributed by atoms with E-state index in [4.69, 9.17) is 0 Å². The summed E-state index contributed by atoms with van der Waals surface area (Å²) in [5.41, 5.74) is 1.33. The van der Waals surface area contributed by atoms with E-state index in [0.717, 1.165) is 5.56 Å². The van der Waals surface area contributed by atoms with Gasteiger partial charge in [-0.25, -0.2) is 4.39 Å². The van der Waals surface area contributed by atoms with Crippen molar-refractivity contribution >= 4 is 17.3 Å². The van der Waals surface area contributed by atoms with Crippen molar-refractivity contribution in [3.8, 4) is 0 Å². The molecule has 1 amide bonds. The van der Waals surface area contributed by atoms with Crippen LogP contribution in [-0.4, -0.2) is 36.4 Å². The first-order chi connectivity index (χ1) is 11.4. The van der Waals surface area contributed by atoms with Crippen molar-refractivity contribution in [3.05, 3.63) is 70.0 Å². The first-order valence-corrected chi connectivity index (χ1v) is 7.31. The van der Waals surface area contributed by atoms with Gasteiger partial charge in [-0.2, -0.15) is 0 Å². The quantitative estimate of drug-likeness (QED) is 0.603. The Morgan fingerprint density at radius 3 is 2.42 bits per heavy atom. The highest BCUT2D eigenvalue weighted by Crippen LogP contribution is 2.18. The van der Waals surface area contributed by atoms with Crippen LogP contribution in [0.5, 0.6) is 0 Å². The molecule has 0 saturated carbocycles. The van der Waals surface area contributed by atoms with E-state index in [9.17, 15) is 19.3 Å². The molecule has 0 aliphatic rings. The summed E-state index contributed by atoms with van der Waals surface area (Å²) < 4.78 is 13.2. The number of anilines is 1. The Bertz CT molecular complexity index is 734. The molecule has 0 unspecified atom stereocenters. The van der Waals surface area contributed by atoms with Gasteiger partial charge in [0.1, 0.15) is 5.82 Å². The highest BCUT2D eigenvalue weighted by Gasteiger charge is 2.15. The van der Waals surface area contributed by atoms with Gasteiger partial charge >= 0.3 is 0 Å². The number of nitro groups is 1. The average Bonchev–Trinajstić information content (AvgIpc) is 2.54. The highest BCUT2D eigenvalue weighted by molar-refractivity contribution is 5.94. The number of rotatable bonds is 6. The summed E-state index contributed by atoms with van der Waals surface area (Å²) in [5, 5.41) is 10.7. The first kappa shape index (κ1) is 17.6. The molecule has 0 atom stereocenters. The number of carbonyl (C=O) groups excluding carboxylic acids is 1. The molecule has 6 nitrogen and oxygen atoms in total. The van der Waals surface area contributed by atoms with Gasteiger partial charge in [0.15, 0.2) is 0 Å². The number of carbonyl (C=O) groups is 1. The third kappa shape index (κ3) is 4.60. The topological polar surface area (TPSA) is 66.7 Å². The number of hydrogen-bond donors (Lipinski definition) is 0. The molecular formula is C17H18FN3O3. The van der Waals surface area contributed by atoms with Crippen LogP contribution in [0, 0.1) is 15.9 Å². The Hall–Kier alpha value is -2.80. The third-order valence-electron chi connectivity index (χ3n) is 3.57. The maximum absolute atomic E-state index is 13.2. The van der Waals surface area contributed by atoms with E-state index in [1.807, 2.05) is 0 Å². The minimum atomic E-state index is -0.488. The molecule has 0 fully saturated rings. The van der Waals surface area contributed by atoms with Crippen molar-refractivity contribution in [2.45, 2.75) is 6.54 Å². The van der Waals surface area contributed by atoms with Crippen molar-refractivity contribution in [2.24, 2.45) is 0 Å². The lowest BCUT2D eigenvalue weighted by Gasteiger charge is -2.22. The van der Waals surface area contributed by atoms with E-state index < -0.39 is 4.92 Å². The molecular weight excluding hydrogens is 313 g/mol. The summed E-state index contributed by atoms with van der Waals surface area (Å²) in [6.07, 6.45) is 0. The zero-order valence-corrected chi connectivity index (χ0v) is 13.5. The van der Waals surface area contributed by atoms with Gasteiger partial charge in [-0.3, -0.25) is 19.8 Å². The van der Waals surface area contributed by atoms with Crippen LogP contribution in [0.3, 0.4) is 0 Å². The smallest absolute Gasteiger partial charge is 0.269 e. The number of nitro benzene ring substituents is 1. The van der Waals surface area contributed by atoms with Gasteiger partial charge in [0, 0.05) is 31.4 Å². The van der Waals surface area contributed by atoms with Gasteiger partial charge in [-0.05, 0) is 36.9 Å². The molecule has 2 aromatic rings. The fraction of sp³-hybridized carbons (Fsp3) is 0.235. The number of halogens is 1. The third-order valence-corrected chi connectivity index (χ3v) is 3.57. The first-order valence-electron chi connectivity index (χ1n) is 7.31. The van der Waals surface area contributed by atoms with Crippen LogP contribution in [0.4, 0.5) is 15.8 Å². The number of non-ortho nitro benzene ring substituents is 1. The summed E-state index contributed by atoms with van der Waals surface area (Å²) >= 11 is 0. The Kier molecular flexibility index (Phi) is 5.59. The van der Waals surface area contributed by atoms with Gasteiger partial charge < -0.3 is 4.90 Å². The number of amides is 1. The predicted molar refractivity (Wildman–Crippen MR) is 89.2 cm³/mol. The summed E-state index contributed by atoms with van der Waals surface area (Å²) in [5.74, 6) is -0.474. The van der Waals surface area contributed by atoms with E-state index in [1.54, 1.807) is 31.1 Å². The lowest BCUT2D eigenvalue weighted by atomic mass is 10.2. The normalized spacial score (nSPS) is 10.7. The van der Waals surface area contributed by atoms with Gasteiger partial charge in [-0.15, -0.1) is 0 Å². The predicted octanol–water partition coefficient (Wildman–Crippen LogP) is 2.83. The molecule has 0 N–H and O–H groups in total. The fourth-order valence-corrected chi connectivity index (χ4v) is 2.28. The zero-order valence-electron chi connectivity index (χ0n) is 13.5. The number of likely N-dealkylation sites (N-methyl/N-ethyl adjacent to an activating group) is 2. The molecule has 7 heteroatoms. The van der Waals surface area contributed by atoms with E-state index in [2.05, 4.69) is 0 Å². The molecule has 0 aliphatic carbocycles. The van der Waals surface area contributed by atoms with Crippen LogP contribution in [-0.2, 0) is 11.3 Å². The van der Waals surface area contributed by atoms with Crippen LogP contribution in [0.2, 0.25) is 0 Å². The van der Waals surface area contributed by atoms with Crippen LogP contribution < -0.4 is 4.90 Å². The van der Waals surface area contributed by atoms with Gasteiger partial charge in [0.25, 0.3) is 5.69 Å². The molecule has 0 radical (unpaired) electrons. The lowest BCUT2D eigenvalue weighted by molar-refractivity contribution is -0.384. The molecule has 0 bridgehead atoms. The number of nitrogens with zero attached hydrogens (tertiary/aromatic N) is 3. The molecule has 24 heavy (non-hydrogen) atoms. The summed E-state index contributed by atoms with van der Waals surface area (Å²) in [4.78, 5) is 25.7. The largest absolute Gasteiger partial charge is 0.314 e. The van der Waals surface area contributed by atoms with Gasteiger partial charge in [-0.1, -0.05) is 12.1 Å². The Labute approximate surface area is 139 Å². The minimum absolute atomic E-state index is 0.0252. The monoisotopic (exact) mass is 331 g/mol. The number of hydrogen-bond acceptors (Lipinski definition) is 4. The molecule has 2 aromatic carbocycles. The molecule has 2 rings (SSSR count). The van der Waals surface area contributed by atoms with Crippen LogP contribution in [0.25, 0.3) is 0 Å². The van der Waals surface area contributed by atoms with Crippen LogP contribution in [0.1, 0.15) is 5.56 Å². The maximum atomic E-state index is 13.2. The molecule has 0 spiro atoms. The van der Waals surface area contributed by atoms with E-state index in [1.165, 1.54) is 41.3 Å². The van der Waals surface area contributed by atoms with E-state index >= 15 is 0 Å². The molecule has 0 saturated heterocycles. The van der Waals surface area contributed by atoms with Crippen LogP contribution >= 0.6 is 0 Å². The number of benzene rings is 2. The molecule has 0 aliphatic heterocycles. The zero-order chi connectivity index (χ0) is 17.7. The molecule has 126 valence electrons. The van der Waals surface area contributed by atoms with Gasteiger partial charge in [0.05, 0.1) is 11.5 Å². The highest BCUT2D eigenvalue weighted by atomic mass is 19.1. The Morgan fingerprint density at radius 1 is 1.17 bits per heavy atom. The summed E-state index contributed by atoms with van der Waals surface area (Å²) in [7, 11) is 3.38. The second kappa shape index (κ2) is 7.65. The van der Waals surface area contributed by atoms with Crippen molar-refractivity contribution in [1.29, 1.82) is 0 Å².